The zero-order chi connectivity index (χ0) is 14.8. The van der Waals surface area contributed by atoms with E-state index < -0.39 is 10.0 Å². The van der Waals surface area contributed by atoms with Gasteiger partial charge in [0, 0.05) is 25.1 Å². The van der Waals surface area contributed by atoms with Gasteiger partial charge in [0.05, 0.1) is 11.5 Å². The van der Waals surface area contributed by atoms with Gasteiger partial charge >= 0.3 is 0 Å². The van der Waals surface area contributed by atoms with Crippen LogP contribution < -0.4 is 0 Å². The van der Waals surface area contributed by atoms with E-state index in [9.17, 15) is 8.42 Å². The monoisotopic (exact) mass is 293 g/mol. The molecule has 0 aliphatic heterocycles. The van der Waals surface area contributed by atoms with Crippen molar-refractivity contribution in [3.05, 3.63) is 29.3 Å². The Morgan fingerprint density at radius 1 is 1.40 bits per heavy atom. The highest BCUT2D eigenvalue weighted by Gasteiger charge is 2.35. The Labute approximate surface area is 120 Å². The van der Waals surface area contributed by atoms with Crippen LogP contribution >= 0.6 is 0 Å². The van der Waals surface area contributed by atoms with Gasteiger partial charge in [0.25, 0.3) is 0 Å². The fourth-order valence-electron chi connectivity index (χ4n) is 1.97. The van der Waals surface area contributed by atoms with E-state index in [4.69, 9.17) is 5.11 Å². The molecule has 1 aliphatic carbocycles. The standard InChI is InChI=1S/C15H19NO3S/c1-12-6-9-15(13(11-12)5-3-4-10-17)20(18,19)16(2)14-7-8-14/h6,9,11,14,17H,4,7-8,10H2,1-2H3. The lowest BCUT2D eigenvalue weighted by Gasteiger charge is -2.17. The smallest absolute Gasteiger partial charge is 0.244 e. The summed E-state index contributed by atoms with van der Waals surface area (Å²) in [5.41, 5.74) is 1.47. The van der Waals surface area contributed by atoms with E-state index in [-0.39, 0.29) is 17.5 Å². The highest BCUT2D eigenvalue weighted by atomic mass is 32.2. The first-order chi connectivity index (χ1) is 9.46. The number of nitrogens with zero attached hydrogens (tertiary/aromatic N) is 1. The van der Waals surface area contributed by atoms with Crippen molar-refractivity contribution in [2.24, 2.45) is 0 Å². The molecule has 0 amide bonds. The summed E-state index contributed by atoms with van der Waals surface area (Å²) < 4.78 is 26.6. The van der Waals surface area contributed by atoms with E-state index in [1.807, 2.05) is 6.92 Å². The molecule has 1 saturated carbocycles. The van der Waals surface area contributed by atoms with E-state index in [0.29, 0.717) is 12.0 Å². The van der Waals surface area contributed by atoms with Crippen molar-refractivity contribution in [3.63, 3.8) is 0 Å². The molecule has 0 bridgehead atoms. The van der Waals surface area contributed by atoms with Crippen molar-refractivity contribution in [1.82, 2.24) is 4.31 Å². The molecule has 0 saturated heterocycles. The molecular weight excluding hydrogens is 274 g/mol. The Hall–Kier alpha value is -1.35. The minimum absolute atomic E-state index is 0.0249. The number of hydrogen-bond donors (Lipinski definition) is 1. The van der Waals surface area contributed by atoms with Crippen LogP contribution in [0.5, 0.6) is 0 Å². The molecule has 20 heavy (non-hydrogen) atoms. The van der Waals surface area contributed by atoms with Crippen LogP contribution in [0, 0.1) is 18.8 Å². The van der Waals surface area contributed by atoms with Gasteiger partial charge in [0.2, 0.25) is 10.0 Å². The minimum Gasteiger partial charge on any atom is -0.395 e. The quantitative estimate of drug-likeness (QED) is 0.856. The SMILES string of the molecule is Cc1ccc(S(=O)(=O)N(C)C2CC2)c(C#CCCO)c1. The van der Waals surface area contributed by atoms with Crippen molar-refractivity contribution >= 4 is 10.0 Å². The maximum Gasteiger partial charge on any atom is 0.244 e. The predicted molar refractivity (Wildman–Crippen MR) is 77.7 cm³/mol. The first kappa shape index (κ1) is 15.0. The third kappa shape index (κ3) is 3.21. The van der Waals surface area contributed by atoms with E-state index >= 15 is 0 Å². The van der Waals surface area contributed by atoms with Crippen LogP contribution in [-0.2, 0) is 10.0 Å². The van der Waals surface area contributed by atoms with Crippen LogP contribution in [0.3, 0.4) is 0 Å². The number of aliphatic hydroxyl groups is 1. The molecule has 5 heteroatoms. The van der Waals surface area contributed by atoms with E-state index in [1.165, 1.54) is 4.31 Å². The van der Waals surface area contributed by atoms with Crippen molar-refractivity contribution in [2.45, 2.75) is 37.1 Å². The normalized spacial score (nSPS) is 15.0. The zero-order valence-corrected chi connectivity index (χ0v) is 12.6. The highest BCUT2D eigenvalue weighted by molar-refractivity contribution is 7.89. The van der Waals surface area contributed by atoms with Crippen molar-refractivity contribution in [3.8, 4) is 11.8 Å². The van der Waals surface area contributed by atoms with Crippen LogP contribution in [0.15, 0.2) is 23.1 Å². The van der Waals surface area contributed by atoms with Gasteiger partial charge in [-0.15, -0.1) is 0 Å². The summed E-state index contributed by atoms with van der Waals surface area (Å²) in [4.78, 5) is 0.253. The molecule has 0 heterocycles. The molecule has 0 unspecified atom stereocenters. The fraction of sp³-hybridized carbons (Fsp3) is 0.467. The zero-order valence-electron chi connectivity index (χ0n) is 11.8. The molecule has 0 spiro atoms. The van der Waals surface area contributed by atoms with E-state index in [0.717, 1.165) is 18.4 Å². The lowest BCUT2D eigenvalue weighted by molar-refractivity contribution is 0.305. The van der Waals surface area contributed by atoms with Crippen LogP contribution in [0.4, 0.5) is 0 Å². The number of sulfonamides is 1. The van der Waals surface area contributed by atoms with Crippen LogP contribution in [-0.4, -0.2) is 37.5 Å². The van der Waals surface area contributed by atoms with Crippen molar-refractivity contribution < 1.29 is 13.5 Å². The first-order valence-electron chi connectivity index (χ1n) is 6.65. The van der Waals surface area contributed by atoms with E-state index in [1.54, 1.807) is 25.2 Å². The molecule has 1 N–H and O–H groups in total. The maximum absolute atomic E-state index is 12.6. The topological polar surface area (TPSA) is 57.6 Å². The van der Waals surface area contributed by atoms with Gasteiger partial charge < -0.3 is 5.11 Å². The minimum atomic E-state index is -3.49. The average molecular weight is 293 g/mol. The lowest BCUT2D eigenvalue weighted by Crippen LogP contribution is -2.29. The summed E-state index contributed by atoms with van der Waals surface area (Å²) >= 11 is 0. The molecule has 0 aromatic heterocycles. The second-order valence-corrected chi connectivity index (χ2v) is 6.99. The predicted octanol–water partition coefficient (Wildman–Crippen LogP) is 1.51. The lowest BCUT2D eigenvalue weighted by atomic mass is 10.1. The van der Waals surface area contributed by atoms with Crippen LogP contribution in [0.1, 0.15) is 30.4 Å². The second kappa shape index (κ2) is 5.96. The molecule has 0 atom stereocenters. The van der Waals surface area contributed by atoms with Crippen LogP contribution in [0.2, 0.25) is 0 Å². The number of hydrogen-bond acceptors (Lipinski definition) is 3. The van der Waals surface area contributed by atoms with E-state index in [2.05, 4.69) is 11.8 Å². The molecule has 1 aromatic rings. The molecule has 108 valence electrons. The Kier molecular flexibility index (Phi) is 4.48. The Morgan fingerprint density at radius 3 is 2.70 bits per heavy atom. The van der Waals surface area contributed by atoms with Gasteiger partial charge in [-0.1, -0.05) is 17.9 Å². The Morgan fingerprint density at radius 2 is 2.10 bits per heavy atom. The van der Waals surface area contributed by atoms with Gasteiger partial charge in [-0.3, -0.25) is 0 Å². The summed E-state index contributed by atoms with van der Waals surface area (Å²) in [6, 6.07) is 5.30. The summed E-state index contributed by atoms with van der Waals surface area (Å²) in [6.45, 7) is 1.88. The Bertz CT molecular complexity index is 651. The third-order valence-corrected chi connectivity index (χ3v) is 5.28. The Balaban J connectivity index is 2.43. The molecule has 4 nitrogen and oxygen atoms in total. The second-order valence-electron chi connectivity index (χ2n) is 5.03. The largest absolute Gasteiger partial charge is 0.395 e. The summed E-state index contributed by atoms with van der Waals surface area (Å²) in [5.74, 6) is 5.65. The fourth-order valence-corrected chi connectivity index (χ4v) is 3.51. The number of aliphatic hydroxyl groups excluding tert-OH is 1. The van der Waals surface area contributed by atoms with Crippen molar-refractivity contribution in [2.75, 3.05) is 13.7 Å². The summed E-state index contributed by atoms with van der Waals surface area (Å²) in [6.07, 6.45) is 2.19. The van der Waals surface area contributed by atoms with Crippen molar-refractivity contribution in [1.29, 1.82) is 0 Å². The van der Waals surface area contributed by atoms with Crippen LogP contribution in [0.25, 0.3) is 0 Å². The first-order valence-corrected chi connectivity index (χ1v) is 8.09. The number of benzene rings is 1. The number of rotatable bonds is 4. The van der Waals surface area contributed by atoms with Gasteiger partial charge in [-0.2, -0.15) is 4.31 Å². The average Bonchev–Trinajstić information content (AvgIpc) is 3.22. The molecule has 0 radical (unpaired) electrons. The van der Waals surface area contributed by atoms with Gasteiger partial charge in [0.15, 0.2) is 0 Å². The molecule has 1 aromatic carbocycles. The summed E-state index contributed by atoms with van der Waals surface area (Å²) in [5, 5.41) is 8.77. The molecule has 2 rings (SSSR count). The number of aryl methyl sites for hydroxylation is 1. The van der Waals surface area contributed by atoms with Gasteiger partial charge in [-0.05, 0) is 37.5 Å². The molecule has 1 aliphatic rings. The third-order valence-electron chi connectivity index (χ3n) is 3.31. The highest BCUT2D eigenvalue weighted by Crippen LogP contribution is 2.31. The van der Waals surface area contributed by atoms with Gasteiger partial charge in [0.1, 0.15) is 0 Å². The van der Waals surface area contributed by atoms with Gasteiger partial charge in [-0.25, -0.2) is 8.42 Å². The molecular formula is C15H19NO3S. The molecule has 1 fully saturated rings. The maximum atomic E-state index is 12.6. The summed E-state index contributed by atoms with van der Waals surface area (Å²) in [7, 11) is -1.87.